The molecule has 0 saturated heterocycles. The summed E-state index contributed by atoms with van der Waals surface area (Å²) in [7, 11) is 0. The highest BCUT2D eigenvalue weighted by Gasteiger charge is 2.17. The smallest absolute Gasteiger partial charge is 0.247 e. The molecular formula is C24H23F3N4O2. The summed E-state index contributed by atoms with van der Waals surface area (Å²) in [5, 5.41) is 6.62. The molecule has 0 spiro atoms. The Balaban J connectivity index is 1.72. The van der Waals surface area contributed by atoms with Gasteiger partial charge in [0.1, 0.15) is 29.7 Å². The van der Waals surface area contributed by atoms with E-state index in [1.165, 1.54) is 29.2 Å². The largest absolute Gasteiger partial charge is 0.330 e. The molecule has 3 rings (SSSR count). The Morgan fingerprint density at radius 2 is 1.70 bits per heavy atom. The molecule has 2 amide bonds. The number of para-hydroxylation sites is 1. The van der Waals surface area contributed by atoms with Gasteiger partial charge in [-0.25, -0.2) is 17.9 Å². The lowest BCUT2D eigenvalue weighted by molar-refractivity contribution is -0.130. The van der Waals surface area contributed by atoms with Crippen molar-refractivity contribution in [2.75, 3.05) is 18.4 Å². The number of aromatic nitrogens is 2. The number of aryl methyl sites for hydroxylation is 1. The second-order valence-electron chi connectivity index (χ2n) is 7.30. The van der Waals surface area contributed by atoms with Crippen LogP contribution >= 0.6 is 0 Å². The van der Waals surface area contributed by atoms with Crippen molar-refractivity contribution in [2.45, 2.75) is 20.8 Å². The zero-order chi connectivity index (χ0) is 24.1. The molecule has 0 aliphatic rings. The van der Waals surface area contributed by atoms with Crippen molar-refractivity contribution in [3.63, 3.8) is 0 Å². The maximum absolute atomic E-state index is 13.7. The van der Waals surface area contributed by atoms with Gasteiger partial charge in [-0.05, 0) is 63.2 Å². The lowest BCUT2D eigenvalue weighted by atomic mass is 10.1. The average Bonchev–Trinajstić information content (AvgIpc) is 3.06. The second-order valence-corrected chi connectivity index (χ2v) is 7.30. The van der Waals surface area contributed by atoms with Crippen molar-refractivity contribution < 1.29 is 22.8 Å². The molecule has 0 bridgehead atoms. The summed E-state index contributed by atoms with van der Waals surface area (Å²) in [6.45, 7) is 5.13. The van der Waals surface area contributed by atoms with Crippen LogP contribution in [0.1, 0.15) is 23.9 Å². The van der Waals surface area contributed by atoms with Crippen LogP contribution in [-0.4, -0.2) is 39.6 Å². The number of carbonyl (C=O) groups is 2. The van der Waals surface area contributed by atoms with Crippen molar-refractivity contribution in [1.29, 1.82) is 0 Å². The van der Waals surface area contributed by atoms with E-state index < -0.39 is 29.1 Å². The predicted molar refractivity (Wildman–Crippen MR) is 119 cm³/mol. The summed E-state index contributed by atoms with van der Waals surface area (Å²) >= 11 is 0. The van der Waals surface area contributed by atoms with Crippen LogP contribution in [0.15, 0.2) is 48.5 Å². The van der Waals surface area contributed by atoms with Crippen molar-refractivity contribution in [2.24, 2.45) is 0 Å². The summed E-state index contributed by atoms with van der Waals surface area (Å²) in [6, 6.07) is 9.12. The monoisotopic (exact) mass is 456 g/mol. The van der Waals surface area contributed by atoms with Crippen LogP contribution < -0.4 is 5.32 Å². The summed E-state index contributed by atoms with van der Waals surface area (Å²) in [4.78, 5) is 26.1. The first-order valence-corrected chi connectivity index (χ1v) is 10.2. The molecule has 6 nitrogen and oxygen atoms in total. The van der Waals surface area contributed by atoms with Gasteiger partial charge in [-0.1, -0.05) is 6.07 Å². The van der Waals surface area contributed by atoms with Gasteiger partial charge >= 0.3 is 0 Å². The first kappa shape index (κ1) is 23.8. The van der Waals surface area contributed by atoms with Crippen LogP contribution in [0.3, 0.4) is 0 Å². The molecule has 1 N–H and O–H groups in total. The molecule has 172 valence electrons. The van der Waals surface area contributed by atoms with E-state index in [0.29, 0.717) is 16.9 Å². The Morgan fingerprint density at radius 1 is 1.06 bits per heavy atom. The number of benzene rings is 2. The molecule has 2 aromatic carbocycles. The van der Waals surface area contributed by atoms with Gasteiger partial charge in [0.05, 0.1) is 11.4 Å². The zero-order valence-electron chi connectivity index (χ0n) is 18.4. The fourth-order valence-corrected chi connectivity index (χ4v) is 3.30. The molecule has 0 saturated carbocycles. The van der Waals surface area contributed by atoms with Crippen LogP contribution in [0.2, 0.25) is 0 Å². The Labute approximate surface area is 189 Å². The van der Waals surface area contributed by atoms with Gasteiger partial charge in [0.15, 0.2) is 0 Å². The van der Waals surface area contributed by atoms with Gasteiger partial charge < -0.3 is 10.2 Å². The Morgan fingerprint density at radius 3 is 2.30 bits per heavy atom. The number of nitrogens with one attached hydrogen (secondary N) is 1. The fourth-order valence-electron chi connectivity index (χ4n) is 3.30. The van der Waals surface area contributed by atoms with E-state index in [0.717, 1.165) is 17.8 Å². The van der Waals surface area contributed by atoms with Crippen molar-refractivity contribution in [3.05, 3.63) is 82.9 Å². The molecule has 9 heteroatoms. The van der Waals surface area contributed by atoms with Crippen molar-refractivity contribution in [3.8, 4) is 5.69 Å². The van der Waals surface area contributed by atoms with E-state index in [1.54, 1.807) is 36.7 Å². The molecule has 0 atom stereocenters. The molecule has 0 aliphatic heterocycles. The fraction of sp³-hybridized carbons (Fsp3) is 0.208. The van der Waals surface area contributed by atoms with E-state index in [1.807, 2.05) is 6.92 Å². The van der Waals surface area contributed by atoms with Gasteiger partial charge in [-0.3, -0.25) is 9.59 Å². The molecule has 0 radical (unpaired) electrons. The van der Waals surface area contributed by atoms with Crippen LogP contribution in [0.4, 0.5) is 18.9 Å². The van der Waals surface area contributed by atoms with Crippen LogP contribution in [0.5, 0.6) is 0 Å². The highest BCUT2D eigenvalue weighted by molar-refractivity contribution is 5.98. The normalized spacial score (nSPS) is 11.1. The lowest BCUT2D eigenvalue weighted by Crippen LogP contribution is -2.37. The van der Waals surface area contributed by atoms with E-state index in [4.69, 9.17) is 0 Å². The first-order chi connectivity index (χ1) is 15.7. The number of nitrogens with zero attached hydrogens (tertiary/aromatic N) is 3. The van der Waals surface area contributed by atoms with Crippen LogP contribution in [0, 0.1) is 31.3 Å². The van der Waals surface area contributed by atoms with E-state index in [9.17, 15) is 22.8 Å². The summed E-state index contributed by atoms with van der Waals surface area (Å²) in [5.41, 5.74) is 2.24. The number of anilines is 1. The average molecular weight is 456 g/mol. The molecular weight excluding hydrogens is 433 g/mol. The van der Waals surface area contributed by atoms with E-state index in [2.05, 4.69) is 10.4 Å². The quantitative estimate of drug-likeness (QED) is 0.536. The molecule has 0 unspecified atom stereocenters. The number of likely N-dealkylation sites (N-methyl/N-ethyl adjacent to an activating group) is 1. The number of hydrogen-bond donors (Lipinski definition) is 1. The first-order valence-electron chi connectivity index (χ1n) is 10.2. The van der Waals surface area contributed by atoms with Crippen LogP contribution in [0.25, 0.3) is 11.8 Å². The summed E-state index contributed by atoms with van der Waals surface area (Å²) < 4.78 is 42.3. The molecule has 3 aromatic rings. The van der Waals surface area contributed by atoms with Gasteiger partial charge in [0, 0.05) is 23.9 Å². The minimum absolute atomic E-state index is 0.211. The number of halogens is 3. The Kier molecular flexibility index (Phi) is 7.32. The molecule has 33 heavy (non-hydrogen) atoms. The van der Waals surface area contributed by atoms with Crippen molar-refractivity contribution in [1.82, 2.24) is 14.7 Å². The summed E-state index contributed by atoms with van der Waals surface area (Å²) in [5.74, 6) is -3.33. The van der Waals surface area contributed by atoms with Gasteiger partial charge in [-0.2, -0.15) is 5.10 Å². The molecule has 1 heterocycles. The van der Waals surface area contributed by atoms with E-state index in [-0.39, 0.29) is 18.9 Å². The Bertz CT molecular complexity index is 1180. The zero-order valence-corrected chi connectivity index (χ0v) is 18.4. The standard InChI is InChI=1S/C24H23F3N4O2/c1-4-30(14-22(32)28-24-20(26)6-5-7-21(24)27)23(33)13-12-19-15(2)29-31(16(19)3)18-10-8-17(25)9-11-18/h5-13H,4,14H2,1-3H3,(H,28,32). The highest BCUT2D eigenvalue weighted by Crippen LogP contribution is 2.20. The lowest BCUT2D eigenvalue weighted by Gasteiger charge is -2.19. The van der Waals surface area contributed by atoms with Crippen LogP contribution in [-0.2, 0) is 9.59 Å². The molecule has 0 aliphatic carbocycles. The second kappa shape index (κ2) is 10.2. The minimum atomic E-state index is -0.901. The third-order valence-corrected chi connectivity index (χ3v) is 5.07. The van der Waals surface area contributed by atoms with Gasteiger partial charge in [0.25, 0.3) is 0 Å². The number of carbonyl (C=O) groups excluding carboxylic acids is 2. The van der Waals surface area contributed by atoms with Gasteiger partial charge in [-0.15, -0.1) is 0 Å². The maximum Gasteiger partial charge on any atom is 0.247 e. The Hall–Kier alpha value is -3.88. The van der Waals surface area contributed by atoms with E-state index >= 15 is 0 Å². The van der Waals surface area contributed by atoms with Crippen molar-refractivity contribution >= 4 is 23.6 Å². The highest BCUT2D eigenvalue weighted by atomic mass is 19.1. The maximum atomic E-state index is 13.7. The molecule has 1 aromatic heterocycles. The topological polar surface area (TPSA) is 67.2 Å². The minimum Gasteiger partial charge on any atom is -0.330 e. The molecule has 0 fully saturated rings. The number of hydrogen-bond acceptors (Lipinski definition) is 3. The summed E-state index contributed by atoms with van der Waals surface area (Å²) in [6.07, 6.45) is 2.91. The third-order valence-electron chi connectivity index (χ3n) is 5.07. The SMILES string of the molecule is CCN(CC(=O)Nc1c(F)cccc1F)C(=O)C=Cc1c(C)nn(-c2ccc(F)cc2)c1C. The number of rotatable bonds is 7. The number of amides is 2. The predicted octanol–water partition coefficient (Wildman–Crippen LogP) is 4.41. The third kappa shape index (κ3) is 5.49. The van der Waals surface area contributed by atoms with Gasteiger partial charge in [0.2, 0.25) is 11.8 Å².